The van der Waals surface area contributed by atoms with Crippen LogP contribution in [0.1, 0.15) is 18.1 Å². The maximum absolute atomic E-state index is 13.5. The summed E-state index contributed by atoms with van der Waals surface area (Å²) in [7, 11) is 1.21. The van der Waals surface area contributed by atoms with Crippen LogP contribution in [0.5, 0.6) is 0 Å². The van der Waals surface area contributed by atoms with Crippen LogP contribution < -0.4 is 10.6 Å². The third-order valence-electron chi connectivity index (χ3n) is 4.21. The molecule has 29 heavy (non-hydrogen) atoms. The highest BCUT2D eigenvalue weighted by Gasteiger charge is 2.27. The first kappa shape index (κ1) is 22.4. The van der Waals surface area contributed by atoms with Crippen LogP contribution in [0, 0.1) is 5.82 Å². The van der Waals surface area contributed by atoms with Crippen LogP contribution in [0.3, 0.4) is 0 Å². The topological polar surface area (TPSA) is 84.5 Å². The number of hydrogen-bond donors (Lipinski definition) is 2. The highest BCUT2D eigenvalue weighted by Crippen LogP contribution is 2.17. The summed E-state index contributed by atoms with van der Waals surface area (Å²) in [6, 6.07) is 10.7. The van der Waals surface area contributed by atoms with Gasteiger partial charge in [-0.1, -0.05) is 41.9 Å². The summed E-state index contributed by atoms with van der Waals surface area (Å²) in [5.74, 6) is -2.12. The van der Waals surface area contributed by atoms with Crippen molar-refractivity contribution in [1.82, 2.24) is 10.6 Å². The Kier molecular flexibility index (Phi) is 8.15. The molecule has 0 fully saturated rings. The van der Waals surface area contributed by atoms with Crippen molar-refractivity contribution in [3.05, 3.63) is 70.5 Å². The van der Waals surface area contributed by atoms with Gasteiger partial charge in [0.2, 0.25) is 11.8 Å². The van der Waals surface area contributed by atoms with Crippen molar-refractivity contribution in [2.45, 2.75) is 31.8 Å². The van der Waals surface area contributed by atoms with E-state index in [9.17, 15) is 18.8 Å². The Morgan fingerprint density at radius 3 is 2.38 bits per heavy atom. The molecule has 2 N–H and O–H groups in total. The quantitative estimate of drug-likeness (QED) is 0.642. The van der Waals surface area contributed by atoms with Gasteiger partial charge in [-0.05, 0) is 29.3 Å². The molecule has 2 rings (SSSR count). The van der Waals surface area contributed by atoms with Crippen molar-refractivity contribution >= 4 is 29.4 Å². The zero-order chi connectivity index (χ0) is 21.4. The zero-order valence-electron chi connectivity index (χ0n) is 16.1. The Morgan fingerprint density at radius 2 is 1.76 bits per heavy atom. The van der Waals surface area contributed by atoms with Gasteiger partial charge >= 0.3 is 5.97 Å². The van der Waals surface area contributed by atoms with Crippen LogP contribution in [0.4, 0.5) is 4.39 Å². The zero-order valence-corrected chi connectivity index (χ0v) is 16.8. The molecule has 0 saturated carbocycles. The molecule has 154 valence electrons. The molecule has 0 aliphatic heterocycles. The van der Waals surface area contributed by atoms with Gasteiger partial charge in [-0.2, -0.15) is 0 Å². The average molecular weight is 421 g/mol. The van der Waals surface area contributed by atoms with Gasteiger partial charge in [0, 0.05) is 24.8 Å². The predicted molar refractivity (Wildman–Crippen MR) is 107 cm³/mol. The molecule has 0 aliphatic rings. The molecule has 2 atom stereocenters. The van der Waals surface area contributed by atoms with E-state index < -0.39 is 35.7 Å². The molecule has 2 aromatic rings. The summed E-state index contributed by atoms with van der Waals surface area (Å²) < 4.78 is 18.2. The maximum atomic E-state index is 13.5. The largest absolute Gasteiger partial charge is 0.467 e. The summed E-state index contributed by atoms with van der Waals surface area (Å²) >= 11 is 6.15. The summed E-state index contributed by atoms with van der Waals surface area (Å²) in [5.41, 5.74) is 1.19. The lowest BCUT2D eigenvalue weighted by atomic mass is 10.0. The molecule has 2 aromatic carbocycles. The van der Waals surface area contributed by atoms with Crippen molar-refractivity contribution in [2.75, 3.05) is 7.11 Å². The molecule has 2 amide bonds. The highest BCUT2D eigenvalue weighted by atomic mass is 35.5. The molecule has 6 nitrogen and oxygen atoms in total. The number of hydrogen-bond acceptors (Lipinski definition) is 4. The van der Waals surface area contributed by atoms with E-state index in [-0.39, 0.29) is 12.8 Å². The van der Waals surface area contributed by atoms with Gasteiger partial charge in [0.05, 0.1) is 7.11 Å². The molecule has 0 saturated heterocycles. The molecule has 0 unspecified atom stereocenters. The normalized spacial score (nSPS) is 12.6. The summed E-state index contributed by atoms with van der Waals surface area (Å²) in [6.07, 6.45) is 0.175. The smallest absolute Gasteiger partial charge is 0.328 e. The van der Waals surface area contributed by atoms with Crippen molar-refractivity contribution in [3.8, 4) is 0 Å². The molecule has 0 heterocycles. The van der Waals surface area contributed by atoms with E-state index in [2.05, 4.69) is 10.6 Å². The number of nitrogens with one attached hydrogen (secondary N) is 2. The van der Waals surface area contributed by atoms with Gasteiger partial charge < -0.3 is 15.4 Å². The molecular formula is C21H22ClFN2O4. The van der Waals surface area contributed by atoms with Crippen molar-refractivity contribution in [2.24, 2.45) is 0 Å². The van der Waals surface area contributed by atoms with Crippen LogP contribution in [0.2, 0.25) is 5.02 Å². The molecule has 0 radical (unpaired) electrons. The number of benzene rings is 2. The van der Waals surface area contributed by atoms with Gasteiger partial charge in [-0.25, -0.2) is 9.18 Å². The van der Waals surface area contributed by atoms with Gasteiger partial charge in [-0.15, -0.1) is 0 Å². The lowest BCUT2D eigenvalue weighted by Crippen LogP contribution is -2.53. The van der Waals surface area contributed by atoms with Crippen LogP contribution in [-0.2, 0) is 32.0 Å². The Bertz CT molecular complexity index is 890. The first-order chi connectivity index (χ1) is 13.8. The van der Waals surface area contributed by atoms with E-state index in [1.807, 2.05) is 0 Å². The Labute approximate surface area is 173 Å². The number of amides is 2. The van der Waals surface area contributed by atoms with Gasteiger partial charge in [0.25, 0.3) is 0 Å². The number of carbonyl (C=O) groups excluding carboxylic acids is 3. The predicted octanol–water partition coefficient (Wildman–Crippen LogP) is 2.43. The maximum Gasteiger partial charge on any atom is 0.328 e. The van der Waals surface area contributed by atoms with Crippen LogP contribution in [0.15, 0.2) is 48.5 Å². The lowest BCUT2D eigenvalue weighted by molar-refractivity contribution is -0.145. The second-order valence-electron chi connectivity index (χ2n) is 6.47. The van der Waals surface area contributed by atoms with Crippen molar-refractivity contribution < 1.29 is 23.5 Å². The SMILES string of the molecule is COC(=O)[C@@H](Cc1ccccc1Cl)NC(=O)[C@@H](Cc1cccc(F)c1)NC(C)=O. The third-order valence-corrected chi connectivity index (χ3v) is 4.58. The van der Waals surface area contributed by atoms with E-state index in [1.165, 1.54) is 32.2 Å². The third kappa shape index (κ3) is 6.87. The van der Waals surface area contributed by atoms with E-state index >= 15 is 0 Å². The van der Waals surface area contributed by atoms with E-state index in [0.717, 1.165) is 0 Å². The van der Waals surface area contributed by atoms with Crippen molar-refractivity contribution in [3.63, 3.8) is 0 Å². The fourth-order valence-corrected chi connectivity index (χ4v) is 3.06. The monoisotopic (exact) mass is 420 g/mol. The molecule has 8 heteroatoms. The molecule has 0 aromatic heterocycles. The highest BCUT2D eigenvalue weighted by molar-refractivity contribution is 6.31. The minimum absolute atomic E-state index is 0.0587. The first-order valence-electron chi connectivity index (χ1n) is 8.93. The summed E-state index contributed by atoms with van der Waals surface area (Å²) in [6.45, 7) is 1.27. The van der Waals surface area contributed by atoms with Crippen LogP contribution in [-0.4, -0.2) is 37.0 Å². The van der Waals surface area contributed by atoms with E-state index in [4.69, 9.17) is 16.3 Å². The molecule has 0 spiro atoms. The Hall–Kier alpha value is -2.93. The van der Waals surface area contributed by atoms with Gasteiger partial charge in [-0.3, -0.25) is 9.59 Å². The van der Waals surface area contributed by atoms with Crippen LogP contribution in [0.25, 0.3) is 0 Å². The standard InChI is InChI=1S/C21H22ClFN2O4/c1-13(26)24-18(11-14-6-5-8-16(23)10-14)20(27)25-19(21(28)29-2)12-15-7-3-4-9-17(15)22/h3-10,18-19H,11-12H2,1-2H3,(H,24,26)(H,25,27)/t18-,19-/m1/s1. The number of carbonyl (C=O) groups is 3. The summed E-state index contributed by atoms with van der Waals surface area (Å²) in [4.78, 5) is 36.6. The summed E-state index contributed by atoms with van der Waals surface area (Å²) in [5, 5.41) is 5.59. The van der Waals surface area contributed by atoms with E-state index in [1.54, 1.807) is 30.3 Å². The van der Waals surface area contributed by atoms with Gasteiger partial charge in [0.1, 0.15) is 17.9 Å². The van der Waals surface area contributed by atoms with Crippen molar-refractivity contribution in [1.29, 1.82) is 0 Å². The molecular weight excluding hydrogens is 399 g/mol. The van der Waals surface area contributed by atoms with E-state index in [0.29, 0.717) is 16.1 Å². The number of ether oxygens (including phenoxy) is 1. The second kappa shape index (κ2) is 10.6. The number of halogens is 2. The van der Waals surface area contributed by atoms with Crippen LogP contribution >= 0.6 is 11.6 Å². The lowest BCUT2D eigenvalue weighted by Gasteiger charge is -2.22. The molecule has 0 aliphatic carbocycles. The average Bonchev–Trinajstić information content (AvgIpc) is 2.67. The Morgan fingerprint density at radius 1 is 1.03 bits per heavy atom. The fraction of sp³-hybridized carbons (Fsp3) is 0.286. The number of rotatable bonds is 8. The number of esters is 1. The second-order valence-corrected chi connectivity index (χ2v) is 6.87. The molecule has 0 bridgehead atoms. The minimum atomic E-state index is -1.00. The minimum Gasteiger partial charge on any atom is -0.467 e. The first-order valence-corrected chi connectivity index (χ1v) is 9.31. The fourth-order valence-electron chi connectivity index (χ4n) is 2.85. The Balaban J connectivity index is 2.19. The van der Waals surface area contributed by atoms with Gasteiger partial charge in [0.15, 0.2) is 0 Å². The number of methoxy groups -OCH3 is 1.